The van der Waals surface area contributed by atoms with E-state index in [2.05, 4.69) is 17.6 Å². The fraction of sp³-hybridized carbons (Fsp3) is 0.533. The lowest BCUT2D eigenvalue weighted by Crippen LogP contribution is -2.30. The lowest BCUT2D eigenvalue weighted by atomic mass is 10.1. The summed E-state index contributed by atoms with van der Waals surface area (Å²) in [7, 11) is 0. The van der Waals surface area contributed by atoms with Gasteiger partial charge in [0, 0.05) is 18.2 Å². The van der Waals surface area contributed by atoms with Crippen LogP contribution >= 0.6 is 0 Å². The van der Waals surface area contributed by atoms with E-state index in [0.717, 1.165) is 42.8 Å². The van der Waals surface area contributed by atoms with Gasteiger partial charge < -0.3 is 15.4 Å². The summed E-state index contributed by atoms with van der Waals surface area (Å²) < 4.78 is 5.70. The van der Waals surface area contributed by atoms with Crippen molar-refractivity contribution in [1.29, 1.82) is 0 Å². The highest BCUT2D eigenvalue weighted by Gasteiger charge is 2.23. The molecule has 0 saturated heterocycles. The Morgan fingerprint density at radius 1 is 1.42 bits per heavy atom. The van der Waals surface area contributed by atoms with Gasteiger partial charge in [-0.2, -0.15) is 0 Å². The Morgan fingerprint density at radius 2 is 2.21 bits per heavy atom. The number of rotatable bonds is 7. The monoisotopic (exact) mass is 262 g/mol. The Kier molecular flexibility index (Phi) is 4.80. The van der Waals surface area contributed by atoms with Crippen LogP contribution in [0.15, 0.2) is 18.2 Å². The molecule has 1 aliphatic rings. The quantitative estimate of drug-likeness (QED) is 0.787. The van der Waals surface area contributed by atoms with Crippen LogP contribution in [-0.4, -0.2) is 25.1 Å². The smallest absolute Gasteiger partial charge is 0.258 e. The number of carbonyl (C=O) groups excluding carboxylic acids is 1. The first-order chi connectivity index (χ1) is 9.20. The van der Waals surface area contributed by atoms with Crippen molar-refractivity contribution in [3.63, 3.8) is 0 Å². The molecule has 0 heterocycles. The van der Waals surface area contributed by atoms with Gasteiger partial charge in [-0.25, -0.2) is 0 Å². The molecular weight excluding hydrogens is 240 g/mol. The van der Waals surface area contributed by atoms with E-state index < -0.39 is 0 Å². The van der Waals surface area contributed by atoms with E-state index in [4.69, 9.17) is 4.74 Å². The minimum absolute atomic E-state index is 0.0276. The molecule has 0 atom stereocenters. The van der Waals surface area contributed by atoms with Crippen LogP contribution in [0.5, 0.6) is 5.75 Å². The number of nitrogens with one attached hydrogen (secondary N) is 2. The lowest BCUT2D eigenvalue weighted by Gasteiger charge is -2.14. The number of hydrogen-bond acceptors (Lipinski definition) is 3. The molecule has 2 N–H and O–H groups in total. The van der Waals surface area contributed by atoms with Crippen LogP contribution in [0.3, 0.4) is 0 Å². The van der Waals surface area contributed by atoms with Gasteiger partial charge >= 0.3 is 0 Å². The summed E-state index contributed by atoms with van der Waals surface area (Å²) in [6.07, 6.45) is 2.20. The van der Waals surface area contributed by atoms with Crippen LogP contribution < -0.4 is 15.4 Å². The van der Waals surface area contributed by atoms with Crippen molar-refractivity contribution in [2.24, 2.45) is 0 Å². The molecule has 1 aromatic rings. The van der Waals surface area contributed by atoms with E-state index in [1.807, 2.05) is 25.1 Å². The van der Waals surface area contributed by atoms with Crippen molar-refractivity contribution in [3.05, 3.63) is 29.3 Å². The number of carbonyl (C=O) groups is 1. The second-order valence-corrected chi connectivity index (χ2v) is 4.97. The summed E-state index contributed by atoms with van der Waals surface area (Å²) in [5.74, 6) is 0.801. The van der Waals surface area contributed by atoms with Crippen LogP contribution in [0.4, 0.5) is 0 Å². The number of aryl methyl sites for hydroxylation is 1. The van der Waals surface area contributed by atoms with Gasteiger partial charge in [-0.1, -0.05) is 25.1 Å². The van der Waals surface area contributed by atoms with Crippen molar-refractivity contribution in [2.45, 2.75) is 39.3 Å². The third kappa shape index (κ3) is 4.24. The molecule has 0 radical (unpaired) electrons. The van der Waals surface area contributed by atoms with Crippen LogP contribution in [0.25, 0.3) is 0 Å². The maximum atomic E-state index is 11.7. The van der Waals surface area contributed by atoms with Gasteiger partial charge in [0.1, 0.15) is 5.75 Å². The highest BCUT2D eigenvalue weighted by Crippen LogP contribution is 2.23. The predicted molar refractivity (Wildman–Crippen MR) is 75.2 cm³/mol. The second-order valence-electron chi connectivity index (χ2n) is 4.97. The van der Waals surface area contributed by atoms with Crippen LogP contribution in [-0.2, 0) is 11.3 Å². The Hall–Kier alpha value is -1.55. The van der Waals surface area contributed by atoms with E-state index in [9.17, 15) is 4.79 Å². The van der Waals surface area contributed by atoms with Gasteiger partial charge in [-0.05, 0) is 31.9 Å². The minimum Gasteiger partial charge on any atom is -0.483 e. The molecule has 1 saturated carbocycles. The Balaban J connectivity index is 1.94. The zero-order chi connectivity index (χ0) is 13.7. The summed E-state index contributed by atoms with van der Waals surface area (Å²) in [6, 6.07) is 6.43. The predicted octanol–water partition coefficient (Wildman–Crippen LogP) is 1.76. The number of ether oxygens (including phenoxy) is 1. The number of amides is 1. The maximum absolute atomic E-state index is 11.7. The fourth-order valence-electron chi connectivity index (χ4n) is 1.95. The SMILES string of the molecule is CCNCc1cccc(C)c1OCC(=O)NC1CC1. The summed E-state index contributed by atoms with van der Waals surface area (Å²) in [6.45, 7) is 5.84. The van der Waals surface area contributed by atoms with E-state index >= 15 is 0 Å². The number of para-hydroxylation sites is 1. The topological polar surface area (TPSA) is 50.4 Å². The largest absolute Gasteiger partial charge is 0.483 e. The summed E-state index contributed by atoms with van der Waals surface area (Å²) in [4.78, 5) is 11.7. The molecule has 4 heteroatoms. The van der Waals surface area contributed by atoms with Crippen molar-refractivity contribution in [3.8, 4) is 5.75 Å². The molecule has 0 unspecified atom stereocenters. The molecular formula is C15H22N2O2. The average Bonchev–Trinajstić information content (AvgIpc) is 3.19. The van der Waals surface area contributed by atoms with Gasteiger partial charge in [-0.3, -0.25) is 4.79 Å². The summed E-state index contributed by atoms with van der Waals surface area (Å²) >= 11 is 0. The third-order valence-electron chi connectivity index (χ3n) is 3.15. The second kappa shape index (κ2) is 6.57. The van der Waals surface area contributed by atoms with Crippen LogP contribution in [0, 0.1) is 6.92 Å². The van der Waals surface area contributed by atoms with E-state index in [1.165, 1.54) is 0 Å². The molecule has 1 aromatic carbocycles. The molecule has 1 amide bonds. The van der Waals surface area contributed by atoms with Crippen molar-refractivity contribution in [2.75, 3.05) is 13.2 Å². The number of hydrogen-bond donors (Lipinski definition) is 2. The molecule has 104 valence electrons. The normalized spacial score (nSPS) is 14.2. The first-order valence-corrected chi connectivity index (χ1v) is 6.92. The highest BCUT2D eigenvalue weighted by molar-refractivity contribution is 5.78. The van der Waals surface area contributed by atoms with Crippen LogP contribution in [0.2, 0.25) is 0 Å². The summed E-state index contributed by atoms with van der Waals surface area (Å²) in [5, 5.41) is 6.21. The Labute approximate surface area is 114 Å². The van der Waals surface area contributed by atoms with Gasteiger partial charge in [0.25, 0.3) is 5.91 Å². The molecule has 0 aliphatic heterocycles. The van der Waals surface area contributed by atoms with Gasteiger partial charge in [0.05, 0.1) is 0 Å². The van der Waals surface area contributed by atoms with Crippen molar-refractivity contribution < 1.29 is 9.53 Å². The number of benzene rings is 1. The van der Waals surface area contributed by atoms with E-state index in [0.29, 0.717) is 6.04 Å². The van der Waals surface area contributed by atoms with Crippen LogP contribution in [0.1, 0.15) is 30.9 Å². The average molecular weight is 262 g/mol. The molecule has 19 heavy (non-hydrogen) atoms. The van der Waals surface area contributed by atoms with Gasteiger partial charge in [-0.15, -0.1) is 0 Å². The standard InChI is InChI=1S/C15H22N2O2/c1-3-16-9-12-6-4-5-11(2)15(12)19-10-14(18)17-13-7-8-13/h4-6,13,16H,3,7-10H2,1-2H3,(H,17,18). The molecule has 2 rings (SSSR count). The Morgan fingerprint density at radius 3 is 2.89 bits per heavy atom. The van der Waals surface area contributed by atoms with Crippen molar-refractivity contribution in [1.82, 2.24) is 10.6 Å². The highest BCUT2D eigenvalue weighted by atomic mass is 16.5. The van der Waals surface area contributed by atoms with Crippen molar-refractivity contribution >= 4 is 5.91 Å². The maximum Gasteiger partial charge on any atom is 0.258 e. The van der Waals surface area contributed by atoms with E-state index in [-0.39, 0.29) is 12.5 Å². The first kappa shape index (κ1) is 13.9. The minimum atomic E-state index is -0.0276. The molecule has 0 aromatic heterocycles. The first-order valence-electron chi connectivity index (χ1n) is 6.92. The third-order valence-corrected chi connectivity index (χ3v) is 3.15. The van der Waals surface area contributed by atoms with E-state index in [1.54, 1.807) is 0 Å². The molecule has 0 bridgehead atoms. The molecule has 4 nitrogen and oxygen atoms in total. The molecule has 0 spiro atoms. The van der Waals surface area contributed by atoms with Gasteiger partial charge in [0.15, 0.2) is 6.61 Å². The molecule has 1 aliphatic carbocycles. The fourth-order valence-corrected chi connectivity index (χ4v) is 1.95. The zero-order valence-corrected chi connectivity index (χ0v) is 11.7. The van der Waals surface area contributed by atoms with Gasteiger partial charge in [0.2, 0.25) is 0 Å². The Bertz CT molecular complexity index is 442. The lowest BCUT2D eigenvalue weighted by molar-refractivity contribution is -0.123. The zero-order valence-electron chi connectivity index (χ0n) is 11.7. The summed E-state index contributed by atoms with van der Waals surface area (Å²) in [5.41, 5.74) is 2.16. The molecule has 1 fully saturated rings.